The molecular weight excluding hydrogens is 307 g/mol. The third kappa shape index (κ3) is 3.63. The third-order valence-electron chi connectivity index (χ3n) is 4.35. The zero-order chi connectivity index (χ0) is 17.4. The average molecular weight is 330 g/mol. The van der Waals surface area contributed by atoms with Crippen molar-refractivity contribution >= 4 is 17.8 Å². The maximum Gasteiger partial charge on any atom is 0.328 e. The van der Waals surface area contributed by atoms with Gasteiger partial charge in [-0.25, -0.2) is 9.18 Å². The quantitative estimate of drug-likeness (QED) is 0.679. The van der Waals surface area contributed by atoms with Gasteiger partial charge in [-0.15, -0.1) is 0 Å². The Labute approximate surface area is 134 Å². The molecule has 2 rings (SSSR count). The van der Waals surface area contributed by atoms with E-state index in [-0.39, 0.29) is 31.7 Å². The molecule has 130 valence electrons. The molecule has 7 nitrogen and oxygen atoms in total. The lowest BCUT2D eigenvalue weighted by Crippen LogP contribution is -2.55. The summed E-state index contributed by atoms with van der Waals surface area (Å²) in [5.74, 6) is -2.21. The highest BCUT2D eigenvalue weighted by Gasteiger charge is 2.52. The summed E-state index contributed by atoms with van der Waals surface area (Å²) in [5, 5.41) is 12.2. The largest absolute Gasteiger partial charge is 0.467 e. The molecule has 2 fully saturated rings. The summed E-state index contributed by atoms with van der Waals surface area (Å²) >= 11 is 0. The van der Waals surface area contributed by atoms with Gasteiger partial charge in [-0.1, -0.05) is 13.8 Å². The smallest absolute Gasteiger partial charge is 0.328 e. The Morgan fingerprint density at radius 3 is 2.43 bits per heavy atom. The van der Waals surface area contributed by atoms with E-state index < -0.39 is 41.6 Å². The van der Waals surface area contributed by atoms with Crippen LogP contribution in [-0.2, 0) is 19.1 Å². The number of nitrogens with zero attached hydrogens (tertiary/aromatic N) is 1. The summed E-state index contributed by atoms with van der Waals surface area (Å²) in [7, 11) is 1.21. The molecule has 1 saturated heterocycles. The number of carbonyl (C=O) groups is 3. The molecule has 2 amide bonds. The Balaban J connectivity index is 2.13. The van der Waals surface area contributed by atoms with Gasteiger partial charge in [0.25, 0.3) is 5.91 Å². The van der Waals surface area contributed by atoms with Gasteiger partial charge in [0.15, 0.2) is 5.67 Å². The van der Waals surface area contributed by atoms with Crippen LogP contribution in [0.2, 0.25) is 0 Å². The van der Waals surface area contributed by atoms with E-state index in [0.717, 1.165) is 0 Å². The zero-order valence-corrected chi connectivity index (χ0v) is 13.5. The highest BCUT2D eigenvalue weighted by atomic mass is 19.1. The molecule has 1 aliphatic heterocycles. The molecule has 0 aromatic rings. The van der Waals surface area contributed by atoms with E-state index in [4.69, 9.17) is 0 Å². The standard InChI is InChI=1S/C15H23FN2O5/c1-8(2)11(17-14(22)15(16)4-5-15)12(20)18-7-9(19)6-10(18)13(21)23-3/h8-11,19H,4-7H2,1-3H3,(H,17,22)/t9-,10+,11+/m1/s1. The van der Waals surface area contributed by atoms with Gasteiger partial charge in [0.1, 0.15) is 12.1 Å². The number of rotatable bonds is 5. The van der Waals surface area contributed by atoms with Crippen LogP contribution in [0.5, 0.6) is 0 Å². The van der Waals surface area contributed by atoms with E-state index in [1.165, 1.54) is 12.0 Å². The van der Waals surface area contributed by atoms with Crippen molar-refractivity contribution in [1.29, 1.82) is 0 Å². The normalized spacial score (nSPS) is 26.8. The van der Waals surface area contributed by atoms with Crippen molar-refractivity contribution in [2.45, 2.75) is 57.0 Å². The fraction of sp³-hybridized carbons (Fsp3) is 0.800. The zero-order valence-electron chi connectivity index (χ0n) is 13.5. The molecule has 1 heterocycles. The number of esters is 1. The van der Waals surface area contributed by atoms with Crippen LogP contribution in [0.1, 0.15) is 33.1 Å². The summed E-state index contributed by atoms with van der Waals surface area (Å²) in [5.41, 5.74) is -1.88. The molecule has 2 aliphatic rings. The number of carbonyl (C=O) groups excluding carboxylic acids is 3. The number of likely N-dealkylation sites (tertiary alicyclic amines) is 1. The summed E-state index contributed by atoms with van der Waals surface area (Å²) in [6.07, 6.45) is -0.428. The number of alkyl halides is 1. The van der Waals surface area contributed by atoms with Crippen LogP contribution in [0, 0.1) is 5.92 Å². The molecular formula is C15H23FN2O5. The summed E-state index contributed by atoms with van der Waals surface area (Å²) < 4.78 is 18.5. The first kappa shape index (κ1) is 17.7. The Hall–Kier alpha value is -1.70. The molecule has 1 saturated carbocycles. The second kappa shape index (κ2) is 6.43. The topological polar surface area (TPSA) is 95.9 Å². The number of β-amino-alcohol motifs (C(OH)–C–C–N with tert-alkyl or cyclic N) is 1. The van der Waals surface area contributed by atoms with E-state index in [2.05, 4.69) is 10.1 Å². The van der Waals surface area contributed by atoms with Crippen LogP contribution in [0.3, 0.4) is 0 Å². The lowest BCUT2D eigenvalue weighted by molar-refractivity contribution is -0.152. The molecule has 0 spiro atoms. The minimum atomic E-state index is -1.88. The molecule has 3 atom stereocenters. The predicted molar refractivity (Wildman–Crippen MR) is 78.0 cm³/mol. The number of halogens is 1. The van der Waals surface area contributed by atoms with Gasteiger partial charge in [-0.3, -0.25) is 9.59 Å². The second-order valence-electron chi connectivity index (χ2n) is 6.58. The van der Waals surface area contributed by atoms with E-state index in [0.29, 0.717) is 0 Å². The lowest BCUT2D eigenvalue weighted by atomic mass is 10.0. The van der Waals surface area contributed by atoms with Crippen molar-refractivity contribution in [2.75, 3.05) is 13.7 Å². The van der Waals surface area contributed by atoms with E-state index >= 15 is 0 Å². The SMILES string of the molecule is COC(=O)[C@@H]1C[C@@H](O)CN1C(=O)[C@@H](NC(=O)C1(F)CC1)C(C)C. The number of aliphatic hydroxyl groups is 1. The van der Waals surface area contributed by atoms with E-state index in [9.17, 15) is 23.9 Å². The lowest BCUT2D eigenvalue weighted by Gasteiger charge is -2.30. The Kier molecular flexibility index (Phi) is 4.93. The molecule has 0 aromatic heterocycles. The first-order valence-corrected chi connectivity index (χ1v) is 7.76. The predicted octanol–water partition coefficient (Wildman–Crippen LogP) is -0.236. The van der Waals surface area contributed by atoms with Crippen molar-refractivity contribution in [3.8, 4) is 0 Å². The van der Waals surface area contributed by atoms with Crippen LogP contribution in [0.4, 0.5) is 4.39 Å². The number of nitrogens with one attached hydrogen (secondary N) is 1. The number of aliphatic hydroxyl groups excluding tert-OH is 1. The number of hydrogen-bond acceptors (Lipinski definition) is 5. The molecule has 0 unspecified atom stereocenters. The van der Waals surface area contributed by atoms with Gasteiger partial charge in [-0.05, 0) is 18.8 Å². The summed E-state index contributed by atoms with van der Waals surface area (Å²) in [6.45, 7) is 3.43. The average Bonchev–Trinajstić information content (AvgIpc) is 3.13. The number of hydrogen-bond donors (Lipinski definition) is 2. The van der Waals surface area contributed by atoms with Crippen molar-refractivity contribution in [1.82, 2.24) is 10.2 Å². The molecule has 1 aliphatic carbocycles. The monoisotopic (exact) mass is 330 g/mol. The van der Waals surface area contributed by atoms with E-state index in [1.807, 2.05) is 0 Å². The highest BCUT2D eigenvalue weighted by Crippen LogP contribution is 2.40. The van der Waals surface area contributed by atoms with Gasteiger partial charge >= 0.3 is 5.97 Å². The molecule has 0 radical (unpaired) electrons. The van der Waals surface area contributed by atoms with Crippen LogP contribution >= 0.6 is 0 Å². The van der Waals surface area contributed by atoms with Gasteiger partial charge in [0.2, 0.25) is 5.91 Å². The van der Waals surface area contributed by atoms with Gasteiger partial charge in [0, 0.05) is 13.0 Å². The van der Waals surface area contributed by atoms with Crippen molar-refractivity contribution in [3.63, 3.8) is 0 Å². The fourth-order valence-electron chi connectivity index (χ4n) is 2.72. The van der Waals surface area contributed by atoms with Gasteiger partial charge in [0.05, 0.1) is 13.2 Å². The maximum absolute atomic E-state index is 13.8. The van der Waals surface area contributed by atoms with Crippen LogP contribution in [0.15, 0.2) is 0 Å². The summed E-state index contributed by atoms with van der Waals surface area (Å²) in [4.78, 5) is 37.6. The molecule has 0 bridgehead atoms. The number of ether oxygens (including phenoxy) is 1. The Bertz CT molecular complexity index is 506. The second-order valence-corrected chi connectivity index (χ2v) is 6.58. The van der Waals surface area contributed by atoms with Crippen LogP contribution < -0.4 is 5.32 Å². The number of amides is 2. The van der Waals surface area contributed by atoms with Gasteiger partial charge in [-0.2, -0.15) is 0 Å². The first-order chi connectivity index (χ1) is 10.7. The Morgan fingerprint density at radius 1 is 1.35 bits per heavy atom. The van der Waals surface area contributed by atoms with Crippen molar-refractivity contribution < 1.29 is 28.6 Å². The minimum absolute atomic E-state index is 0.0154. The maximum atomic E-state index is 13.8. The van der Waals surface area contributed by atoms with Gasteiger partial charge < -0.3 is 20.1 Å². The molecule has 2 N–H and O–H groups in total. The van der Waals surface area contributed by atoms with Crippen LogP contribution in [-0.4, -0.2) is 65.3 Å². The molecule has 0 aromatic carbocycles. The highest BCUT2D eigenvalue weighted by molar-refractivity contribution is 5.94. The van der Waals surface area contributed by atoms with Crippen LogP contribution in [0.25, 0.3) is 0 Å². The van der Waals surface area contributed by atoms with E-state index in [1.54, 1.807) is 13.8 Å². The molecule has 23 heavy (non-hydrogen) atoms. The Morgan fingerprint density at radius 2 is 1.96 bits per heavy atom. The minimum Gasteiger partial charge on any atom is -0.467 e. The van der Waals surface area contributed by atoms with Crippen molar-refractivity contribution in [2.24, 2.45) is 5.92 Å². The third-order valence-corrected chi connectivity index (χ3v) is 4.35. The van der Waals surface area contributed by atoms with Crippen molar-refractivity contribution in [3.05, 3.63) is 0 Å². The first-order valence-electron chi connectivity index (χ1n) is 7.76. The fourth-order valence-corrected chi connectivity index (χ4v) is 2.72. The summed E-state index contributed by atoms with van der Waals surface area (Å²) in [6, 6.07) is -1.84. The molecule has 8 heteroatoms. The number of methoxy groups -OCH3 is 1.